The zero-order chi connectivity index (χ0) is 14.1. The molecule has 1 aliphatic rings. The molecule has 6 heteroatoms. The molecular formula is C14H12FN2O2P. The lowest BCUT2D eigenvalue weighted by Crippen LogP contribution is -2.31. The van der Waals surface area contributed by atoms with E-state index in [4.69, 9.17) is 0 Å². The summed E-state index contributed by atoms with van der Waals surface area (Å²) in [5, 5.41) is 12.2. The quantitative estimate of drug-likeness (QED) is 0.489. The van der Waals surface area contributed by atoms with Crippen molar-refractivity contribution in [1.29, 1.82) is 0 Å². The molecule has 20 heavy (non-hydrogen) atoms. The molecule has 0 amide bonds. The number of benzene rings is 1. The van der Waals surface area contributed by atoms with Crippen LogP contribution in [0.1, 0.15) is 5.56 Å². The predicted molar refractivity (Wildman–Crippen MR) is 79.6 cm³/mol. The zero-order valence-electron chi connectivity index (χ0n) is 10.5. The summed E-state index contributed by atoms with van der Waals surface area (Å²) in [6.07, 6.45) is 3.14. The molecule has 0 saturated carbocycles. The maximum absolute atomic E-state index is 13.8. The summed E-state index contributed by atoms with van der Waals surface area (Å²) in [5.74, 6) is 1.46. The summed E-state index contributed by atoms with van der Waals surface area (Å²) in [6.45, 7) is 0.619. The third-order valence-electron chi connectivity index (χ3n) is 3.23. The summed E-state index contributed by atoms with van der Waals surface area (Å²) in [5.41, 5.74) is 0.477. The monoisotopic (exact) mass is 290 g/mol. The fraction of sp³-hybridized carbons (Fsp3) is 0.0714. The van der Waals surface area contributed by atoms with E-state index in [0.717, 1.165) is 10.8 Å². The molecule has 102 valence electrons. The van der Waals surface area contributed by atoms with Crippen LogP contribution in [0.4, 0.5) is 4.39 Å². The summed E-state index contributed by atoms with van der Waals surface area (Å²) >= 11 is 0. The maximum Gasteiger partial charge on any atom is 0.235 e. The molecule has 0 N–H and O–H groups in total. The number of aromatic nitrogens is 1. The van der Waals surface area contributed by atoms with Crippen molar-refractivity contribution in [2.45, 2.75) is 6.54 Å². The molecule has 0 bridgehead atoms. The van der Waals surface area contributed by atoms with Gasteiger partial charge in [-0.2, -0.15) is 0 Å². The van der Waals surface area contributed by atoms with Crippen molar-refractivity contribution in [1.82, 2.24) is 4.57 Å². The molecule has 1 aliphatic heterocycles. The number of nitrogens with zero attached hydrogens (tertiary/aromatic N) is 2. The van der Waals surface area contributed by atoms with Gasteiger partial charge < -0.3 is 4.57 Å². The average molecular weight is 290 g/mol. The van der Waals surface area contributed by atoms with Gasteiger partial charge in [-0.15, -0.1) is 0 Å². The molecule has 0 radical (unpaired) electrons. The molecule has 2 aromatic rings. The molecule has 0 saturated heterocycles. The highest BCUT2D eigenvalue weighted by molar-refractivity contribution is 7.61. The second-order valence-corrected chi connectivity index (χ2v) is 6.45. The molecular weight excluding hydrogens is 278 g/mol. The van der Waals surface area contributed by atoms with E-state index in [1.54, 1.807) is 6.07 Å². The lowest BCUT2D eigenvalue weighted by Gasteiger charge is -2.05. The first-order chi connectivity index (χ1) is 9.65. The van der Waals surface area contributed by atoms with Crippen LogP contribution < -0.4 is 10.6 Å². The third-order valence-corrected chi connectivity index (χ3v) is 4.84. The van der Waals surface area contributed by atoms with E-state index in [0.29, 0.717) is 11.9 Å². The lowest BCUT2D eigenvalue weighted by atomic mass is 10.2. The van der Waals surface area contributed by atoms with Crippen LogP contribution in [-0.4, -0.2) is 14.8 Å². The van der Waals surface area contributed by atoms with Gasteiger partial charge in [-0.3, -0.25) is 10.1 Å². The molecule has 1 atom stereocenters. The minimum Gasteiger partial charge on any atom is -0.343 e. The molecule has 0 fully saturated rings. The van der Waals surface area contributed by atoms with Crippen molar-refractivity contribution < 1.29 is 9.08 Å². The van der Waals surface area contributed by atoms with E-state index in [1.165, 1.54) is 11.9 Å². The molecule has 0 spiro atoms. The Balaban J connectivity index is 2.05. The summed E-state index contributed by atoms with van der Waals surface area (Å²) < 4.78 is 15.2. The van der Waals surface area contributed by atoms with Crippen molar-refractivity contribution >= 4 is 25.1 Å². The fourth-order valence-electron chi connectivity index (χ4n) is 2.26. The van der Waals surface area contributed by atoms with E-state index >= 15 is 0 Å². The van der Waals surface area contributed by atoms with Crippen LogP contribution in [-0.2, 0) is 6.54 Å². The number of fused-ring (bicyclic) bond motifs is 1. The van der Waals surface area contributed by atoms with Gasteiger partial charge in [-0.05, 0) is 11.6 Å². The van der Waals surface area contributed by atoms with Crippen LogP contribution in [0.25, 0.3) is 11.9 Å². The van der Waals surface area contributed by atoms with E-state index < -0.39 is 17.9 Å². The molecule has 0 aliphatic carbocycles. The average Bonchev–Trinajstić information content (AvgIpc) is 2.81. The Kier molecular flexibility index (Phi) is 3.28. The van der Waals surface area contributed by atoms with Crippen LogP contribution in [0.15, 0.2) is 42.6 Å². The predicted octanol–water partition coefficient (Wildman–Crippen LogP) is 1.57. The minimum absolute atomic E-state index is 0.520. The number of nitro groups is 1. The third kappa shape index (κ3) is 2.32. The number of hydrogen-bond acceptors (Lipinski definition) is 2. The first-order valence-corrected chi connectivity index (χ1v) is 7.64. The van der Waals surface area contributed by atoms with Crippen molar-refractivity contribution in [3.63, 3.8) is 0 Å². The Bertz CT molecular complexity index is 825. The van der Waals surface area contributed by atoms with Crippen LogP contribution in [0.3, 0.4) is 0 Å². The topological polar surface area (TPSA) is 48.1 Å². The normalized spacial score (nSPS) is 17.1. The molecule has 4 nitrogen and oxygen atoms in total. The second kappa shape index (κ2) is 5.10. The summed E-state index contributed by atoms with van der Waals surface area (Å²) in [7, 11) is -2.43. The van der Waals surface area contributed by atoms with E-state index in [1.807, 2.05) is 41.1 Å². The van der Waals surface area contributed by atoms with Gasteiger partial charge in [0.05, 0.1) is 5.35 Å². The summed E-state index contributed by atoms with van der Waals surface area (Å²) in [4.78, 5) is 10.8. The molecule has 3 rings (SSSR count). The van der Waals surface area contributed by atoms with Crippen molar-refractivity contribution in [3.05, 3.63) is 68.8 Å². The maximum atomic E-state index is 13.8. The SMILES string of the molecule is O=[N+]([O-])[PH]1=C(F)C=c2c(ccn2Cc2ccccc2)=C1. The zero-order valence-corrected chi connectivity index (χ0v) is 11.5. The molecule has 2 heterocycles. The largest absolute Gasteiger partial charge is 0.343 e. The number of hydrogen-bond donors (Lipinski definition) is 0. The summed E-state index contributed by atoms with van der Waals surface area (Å²) in [6, 6.07) is 11.6. The highest BCUT2D eigenvalue weighted by atomic mass is 31.1. The van der Waals surface area contributed by atoms with Gasteiger partial charge in [-0.1, -0.05) is 30.3 Å². The van der Waals surface area contributed by atoms with Gasteiger partial charge in [0.25, 0.3) is 0 Å². The van der Waals surface area contributed by atoms with Gasteiger partial charge in [0.2, 0.25) is 7.70 Å². The van der Waals surface area contributed by atoms with Crippen LogP contribution in [0, 0.1) is 10.1 Å². The van der Waals surface area contributed by atoms with Gasteiger partial charge in [0.15, 0.2) is 5.55 Å². The number of rotatable bonds is 3. The van der Waals surface area contributed by atoms with Crippen molar-refractivity contribution in [3.8, 4) is 0 Å². The Morgan fingerprint density at radius 3 is 2.70 bits per heavy atom. The Hall–Kier alpha value is -2.13. The number of halogens is 1. The van der Waals surface area contributed by atoms with Gasteiger partial charge in [0.1, 0.15) is 0 Å². The van der Waals surface area contributed by atoms with Gasteiger partial charge >= 0.3 is 0 Å². The highest BCUT2D eigenvalue weighted by Crippen LogP contribution is 2.29. The first kappa shape index (κ1) is 12.9. The van der Waals surface area contributed by atoms with E-state index in [-0.39, 0.29) is 0 Å². The van der Waals surface area contributed by atoms with Crippen molar-refractivity contribution in [2.75, 3.05) is 0 Å². The van der Waals surface area contributed by atoms with Crippen LogP contribution in [0.2, 0.25) is 0 Å². The smallest absolute Gasteiger partial charge is 0.235 e. The standard InChI is InChI=1S/C14H12FN2O2P/c15-14-8-13-12(10-20(14)17(18)19)6-7-16(13)9-11-4-2-1-3-5-11/h1-8,10,20H,9H2. The van der Waals surface area contributed by atoms with Gasteiger partial charge in [-0.25, -0.2) is 4.39 Å². The molecule has 1 aromatic carbocycles. The van der Waals surface area contributed by atoms with Gasteiger partial charge in [0, 0.05) is 34.5 Å². The minimum atomic E-state index is -2.43. The van der Waals surface area contributed by atoms with Crippen LogP contribution in [0.5, 0.6) is 0 Å². The lowest BCUT2D eigenvalue weighted by molar-refractivity contribution is -0.294. The molecule has 1 unspecified atom stereocenters. The fourth-order valence-corrected chi connectivity index (χ4v) is 3.50. The molecule has 1 aromatic heterocycles. The van der Waals surface area contributed by atoms with E-state index in [2.05, 4.69) is 0 Å². The van der Waals surface area contributed by atoms with Crippen LogP contribution >= 0.6 is 7.70 Å². The Labute approximate surface area is 115 Å². The Morgan fingerprint density at radius 2 is 2.00 bits per heavy atom. The second-order valence-electron chi connectivity index (χ2n) is 4.55. The first-order valence-electron chi connectivity index (χ1n) is 6.12. The highest BCUT2D eigenvalue weighted by Gasteiger charge is 2.15. The Morgan fingerprint density at radius 1 is 1.25 bits per heavy atom. The van der Waals surface area contributed by atoms with Crippen molar-refractivity contribution in [2.24, 2.45) is 0 Å². The van der Waals surface area contributed by atoms with E-state index in [9.17, 15) is 14.5 Å².